The molecule has 3 nitrogen and oxygen atoms in total. The maximum Gasteiger partial charge on any atom is 0.265 e. The predicted molar refractivity (Wildman–Crippen MR) is 75.7 cm³/mol. The third-order valence-electron chi connectivity index (χ3n) is 2.59. The number of azo groups is 1. The molecule has 0 heterocycles. The van der Waals surface area contributed by atoms with Crippen molar-refractivity contribution in [2.75, 3.05) is 0 Å². The first kappa shape index (κ1) is 13.4. The summed E-state index contributed by atoms with van der Waals surface area (Å²) in [4.78, 5) is 11.6. The summed E-state index contributed by atoms with van der Waals surface area (Å²) in [6.07, 6.45) is 1.01. The minimum absolute atomic E-state index is 0.247. The quantitative estimate of drug-likeness (QED) is 0.751. The van der Waals surface area contributed by atoms with Gasteiger partial charge >= 0.3 is 0 Å². The zero-order valence-corrected chi connectivity index (χ0v) is 11.0. The van der Waals surface area contributed by atoms with Crippen LogP contribution in [0.4, 0.5) is 5.69 Å². The smallest absolute Gasteiger partial charge is 0.265 e. The van der Waals surface area contributed by atoms with Gasteiger partial charge in [-0.25, -0.2) is 0 Å². The molecule has 0 aromatic heterocycles. The summed E-state index contributed by atoms with van der Waals surface area (Å²) in [6.45, 7) is 0. The molecule has 0 aliphatic carbocycles. The van der Waals surface area contributed by atoms with E-state index in [4.69, 9.17) is 11.6 Å². The number of carbonyl (C=O) groups excluding carboxylic acids is 1. The van der Waals surface area contributed by atoms with Crippen LogP contribution in [0.15, 0.2) is 64.8 Å². The fraction of sp³-hybridized carbons (Fsp3) is 0.133. The van der Waals surface area contributed by atoms with Crippen molar-refractivity contribution in [1.82, 2.24) is 0 Å². The zero-order chi connectivity index (χ0) is 13.5. The van der Waals surface area contributed by atoms with Crippen molar-refractivity contribution in [2.45, 2.75) is 12.8 Å². The van der Waals surface area contributed by atoms with E-state index < -0.39 is 0 Å². The molecule has 0 saturated carbocycles. The van der Waals surface area contributed by atoms with E-state index in [1.54, 1.807) is 24.3 Å². The third kappa shape index (κ3) is 4.30. The van der Waals surface area contributed by atoms with Gasteiger partial charge in [0.1, 0.15) is 5.69 Å². The molecule has 0 fully saturated rings. The van der Waals surface area contributed by atoms with E-state index in [1.807, 2.05) is 30.3 Å². The van der Waals surface area contributed by atoms with Crippen LogP contribution >= 0.6 is 11.6 Å². The maximum atomic E-state index is 11.6. The summed E-state index contributed by atoms with van der Waals surface area (Å²) in [5, 5.41) is 8.02. The molecule has 0 aliphatic heterocycles. The van der Waals surface area contributed by atoms with Gasteiger partial charge in [0.25, 0.3) is 5.91 Å². The number of carbonyl (C=O) groups is 1. The van der Waals surface area contributed by atoms with E-state index in [2.05, 4.69) is 10.2 Å². The van der Waals surface area contributed by atoms with Crippen molar-refractivity contribution in [2.24, 2.45) is 10.2 Å². The summed E-state index contributed by atoms with van der Waals surface area (Å²) in [5.74, 6) is -0.247. The van der Waals surface area contributed by atoms with Gasteiger partial charge in [0.2, 0.25) is 0 Å². The molecular weight excluding hydrogens is 260 g/mol. The molecule has 0 bridgehead atoms. The highest BCUT2D eigenvalue weighted by Gasteiger charge is 2.02. The molecular formula is C15H13ClN2O. The number of benzene rings is 2. The van der Waals surface area contributed by atoms with E-state index in [0.717, 1.165) is 5.56 Å². The van der Waals surface area contributed by atoms with Gasteiger partial charge in [-0.3, -0.25) is 4.79 Å². The average molecular weight is 273 g/mol. The second-order valence-corrected chi connectivity index (χ2v) is 4.44. The molecule has 0 saturated heterocycles. The molecule has 0 atom stereocenters. The number of nitrogens with zero attached hydrogens (tertiary/aromatic N) is 2. The molecule has 4 heteroatoms. The standard InChI is InChI=1S/C15H13ClN2O/c16-13-8-4-5-9-14(13)17-18-15(19)11-10-12-6-2-1-3-7-12/h1-9H,10-11H2. The first-order chi connectivity index (χ1) is 9.25. The van der Waals surface area contributed by atoms with Crippen LogP contribution in [0.5, 0.6) is 0 Å². The second-order valence-electron chi connectivity index (χ2n) is 4.03. The summed E-state index contributed by atoms with van der Waals surface area (Å²) in [7, 11) is 0. The maximum absolute atomic E-state index is 11.6. The summed E-state index contributed by atoms with van der Waals surface area (Å²) >= 11 is 5.92. The van der Waals surface area contributed by atoms with E-state index in [1.165, 1.54) is 0 Å². The summed E-state index contributed by atoms with van der Waals surface area (Å²) < 4.78 is 0. The monoisotopic (exact) mass is 272 g/mol. The lowest BCUT2D eigenvalue weighted by molar-refractivity contribution is -0.118. The van der Waals surface area contributed by atoms with Crippen molar-refractivity contribution in [3.05, 3.63) is 65.2 Å². The molecule has 1 amide bonds. The minimum Gasteiger partial charge on any atom is -0.271 e. The van der Waals surface area contributed by atoms with Crippen molar-refractivity contribution >= 4 is 23.2 Å². The number of rotatable bonds is 4. The zero-order valence-electron chi connectivity index (χ0n) is 10.3. The molecule has 19 heavy (non-hydrogen) atoms. The van der Waals surface area contributed by atoms with Gasteiger partial charge in [0.15, 0.2) is 0 Å². The first-order valence-electron chi connectivity index (χ1n) is 5.99. The van der Waals surface area contributed by atoms with Crippen LogP contribution in [0, 0.1) is 0 Å². The van der Waals surface area contributed by atoms with Gasteiger partial charge in [-0.15, -0.1) is 10.2 Å². The first-order valence-corrected chi connectivity index (χ1v) is 6.36. The van der Waals surface area contributed by atoms with Crippen LogP contribution in [0.3, 0.4) is 0 Å². The molecule has 0 N–H and O–H groups in total. The highest BCUT2D eigenvalue weighted by molar-refractivity contribution is 6.32. The van der Waals surface area contributed by atoms with Crippen LogP contribution < -0.4 is 0 Å². The number of amides is 1. The Kier molecular flexibility index (Phi) is 4.81. The van der Waals surface area contributed by atoms with E-state index in [9.17, 15) is 4.79 Å². The lowest BCUT2D eigenvalue weighted by Gasteiger charge is -1.97. The van der Waals surface area contributed by atoms with Gasteiger partial charge in [-0.05, 0) is 24.1 Å². The average Bonchev–Trinajstić information content (AvgIpc) is 2.45. The summed E-state index contributed by atoms with van der Waals surface area (Å²) in [5.41, 5.74) is 1.63. The van der Waals surface area contributed by atoms with Gasteiger partial charge in [0, 0.05) is 6.42 Å². The Labute approximate surface area is 116 Å². The van der Waals surface area contributed by atoms with E-state index in [-0.39, 0.29) is 5.91 Å². The Bertz CT molecular complexity index is 582. The number of aryl methyl sites for hydroxylation is 1. The van der Waals surface area contributed by atoms with Gasteiger partial charge in [0.05, 0.1) is 5.02 Å². The topological polar surface area (TPSA) is 41.8 Å². The number of hydrogen-bond acceptors (Lipinski definition) is 2. The number of hydrogen-bond donors (Lipinski definition) is 0. The predicted octanol–water partition coefficient (Wildman–Crippen LogP) is 4.58. The van der Waals surface area contributed by atoms with Crippen LogP contribution in [0.25, 0.3) is 0 Å². The Morgan fingerprint density at radius 3 is 2.42 bits per heavy atom. The normalized spacial score (nSPS) is 10.8. The van der Waals surface area contributed by atoms with E-state index in [0.29, 0.717) is 23.6 Å². The molecule has 96 valence electrons. The Hall–Kier alpha value is -2.00. The van der Waals surface area contributed by atoms with Crippen LogP contribution in [0.2, 0.25) is 5.02 Å². The molecule has 2 rings (SSSR count). The molecule has 2 aromatic carbocycles. The summed E-state index contributed by atoms with van der Waals surface area (Å²) in [6, 6.07) is 16.9. The molecule has 0 aliphatic rings. The fourth-order valence-electron chi connectivity index (χ4n) is 1.59. The van der Waals surface area contributed by atoms with Crippen molar-refractivity contribution in [1.29, 1.82) is 0 Å². The minimum atomic E-state index is -0.247. The lowest BCUT2D eigenvalue weighted by Crippen LogP contribution is -1.95. The van der Waals surface area contributed by atoms with Gasteiger partial charge in [-0.1, -0.05) is 54.1 Å². The van der Waals surface area contributed by atoms with Crippen LogP contribution in [-0.4, -0.2) is 5.91 Å². The Morgan fingerprint density at radius 2 is 1.68 bits per heavy atom. The van der Waals surface area contributed by atoms with Crippen LogP contribution in [0.1, 0.15) is 12.0 Å². The van der Waals surface area contributed by atoms with Crippen molar-refractivity contribution in [3.63, 3.8) is 0 Å². The molecule has 0 unspecified atom stereocenters. The molecule has 0 radical (unpaired) electrons. The second kappa shape index (κ2) is 6.81. The third-order valence-corrected chi connectivity index (χ3v) is 2.91. The molecule has 2 aromatic rings. The molecule has 0 spiro atoms. The lowest BCUT2D eigenvalue weighted by atomic mass is 10.1. The van der Waals surface area contributed by atoms with Gasteiger partial charge in [-0.2, -0.15) is 0 Å². The van der Waals surface area contributed by atoms with Crippen molar-refractivity contribution in [3.8, 4) is 0 Å². The largest absolute Gasteiger partial charge is 0.271 e. The Balaban J connectivity index is 1.90. The highest BCUT2D eigenvalue weighted by atomic mass is 35.5. The SMILES string of the molecule is O=C(CCc1ccccc1)N=Nc1ccccc1Cl. The van der Waals surface area contributed by atoms with Crippen LogP contribution in [-0.2, 0) is 11.2 Å². The number of halogens is 1. The van der Waals surface area contributed by atoms with E-state index >= 15 is 0 Å². The van der Waals surface area contributed by atoms with Crippen molar-refractivity contribution < 1.29 is 4.79 Å². The van der Waals surface area contributed by atoms with Gasteiger partial charge < -0.3 is 0 Å². The Morgan fingerprint density at radius 1 is 1.00 bits per heavy atom. The highest BCUT2D eigenvalue weighted by Crippen LogP contribution is 2.23. The fourth-order valence-corrected chi connectivity index (χ4v) is 1.76.